The van der Waals surface area contributed by atoms with E-state index in [1.165, 1.54) is 0 Å². The number of hydrogen-bond acceptors (Lipinski definition) is 4. The lowest BCUT2D eigenvalue weighted by Crippen LogP contribution is -2.49. The predicted molar refractivity (Wildman–Crippen MR) is 115 cm³/mol. The molecule has 1 saturated heterocycles. The zero-order chi connectivity index (χ0) is 20.6. The summed E-state index contributed by atoms with van der Waals surface area (Å²) in [5, 5.41) is 4.04. The van der Waals surface area contributed by atoms with E-state index in [9.17, 15) is 9.59 Å². The van der Waals surface area contributed by atoms with Crippen LogP contribution in [0.15, 0.2) is 29.1 Å². The third-order valence-electron chi connectivity index (χ3n) is 6.17. The number of carbonyl (C=O) groups excluding carboxylic acids is 1. The number of aromatic nitrogens is 2. The molecule has 4 rings (SSSR count). The summed E-state index contributed by atoms with van der Waals surface area (Å²) in [4.78, 5) is 34.7. The highest BCUT2D eigenvalue weighted by molar-refractivity contribution is 6.30. The van der Waals surface area contributed by atoms with Crippen LogP contribution in [-0.2, 0) is 23.1 Å². The molecule has 1 fully saturated rings. The van der Waals surface area contributed by atoms with Gasteiger partial charge in [0.1, 0.15) is 0 Å². The molecule has 1 aromatic carbocycles. The predicted octanol–water partition coefficient (Wildman–Crippen LogP) is 3.29. The Balaban J connectivity index is 1.38. The number of amides is 1. The Morgan fingerprint density at radius 3 is 2.59 bits per heavy atom. The Morgan fingerprint density at radius 1 is 1.21 bits per heavy atom. The molecule has 0 atom stereocenters. The molecule has 6 nitrogen and oxygen atoms in total. The van der Waals surface area contributed by atoms with E-state index < -0.39 is 5.41 Å². The lowest BCUT2D eigenvalue weighted by Gasteiger charge is -2.37. The zero-order valence-corrected chi connectivity index (χ0v) is 17.7. The van der Waals surface area contributed by atoms with Gasteiger partial charge in [0.25, 0.3) is 5.56 Å². The summed E-state index contributed by atoms with van der Waals surface area (Å²) in [5.41, 5.74) is 2.10. The Hall–Kier alpha value is -2.34. The number of nitrogens with zero attached hydrogens (tertiary/aromatic N) is 2. The van der Waals surface area contributed by atoms with Crippen molar-refractivity contribution in [2.45, 2.75) is 57.4 Å². The molecule has 7 heteroatoms. The lowest BCUT2D eigenvalue weighted by atomic mass is 9.82. The van der Waals surface area contributed by atoms with Crippen LogP contribution in [0.2, 0.25) is 5.02 Å². The molecule has 154 valence electrons. The van der Waals surface area contributed by atoms with Gasteiger partial charge in [0.05, 0.1) is 11.1 Å². The summed E-state index contributed by atoms with van der Waals surface area (Å²) in [6, 6.07) is 7.69. The number of nitrogens with one attached hydrogen (secondary N) is 2. The van der Waals surface area contributed by atoms with E-state index in [1.807, 2.05) is 43.0 Å². The first-order valence-corrected chi connectivity index (χ1v) is 10.7. The van der Waals surface area contributed by atoms with E-state index in [-0.39, 0.29) is 17.5 Å². The second-order valence-corrected chi connectivity index (χ2v) is 8.97. The lowest BCUT2D eigenvalue weighted by molar-refractivity contribution is -0.137. The molecule has 0 saturated carbocycles. The number of fused-ring (bicyclic) bond motifs is 1. The number of carbonyl (C=O) groups is 1. The Bertz CT molecular complexity index is 960. The van der Waals surface area contributed by atoms with Gasteiger partial charge in [-0.1, -0.05) is 23.7 Å². The van der Waals surface area contributed by atoms with Crippen molar-refractivity contribution in [3.8, 4) is 0 Å². The monoisotopic (exact) mass is 414 g/mol. The van der Waals surface area contributed by atoms with Gasteiger partial charge in [0.2, 0.25) is 11.9 Å². The number of rotatable bonds is 4. The van der Waals surface area contributed by atoms with Crippen molar-refractivity contribution in [2.75, 3.05) is 18.4 Å². The first-order valence-electron chi connectivity index (χ1n) is 10.3. The first-order chi connectivity index (χ1) is 13.8. The van der Waals surface area contributed by atoms with E-state index >= 15 is 0 Å². The van der Waals surface area contributed by atoms with Gasteiger partial charge in [-0.25, -0.2) is 4.98 Å². The summed E-state index contributed by atoms with van der Waals surface area (Å²) < 4.78 is 0. The number of anilines is 1. The Kier molecular flexibility index (Phi) is 5.38. The molecule has 2 heterocycles. The zero-order valence-electron chi connectivity index (χ0n) is 16.9. The van der Waals surface area contributed by atoms with Gasteiger partial charge in [0.15, 0.2) is 0 Å². The number of hydrogen-bond donors (Lipinski definition) is 2. The van der Waals surface area contributed by atoms with Crippen molar-refractivity contribution >= 4 is 23.5 Å². The molecule has 2 N–H and O–H groups in total. The van der Waals surface area contributed by atoms with Crippen LogP contribution in [-0.4, -0.2) is 39.9 Å². The highest BCUT2D eigenvalue weighted by Gasteiger charge is 2.35. The topological polar surface area (TPSA) is 78.1 Å². The van der Waals surface area contributed by atoms with Crippen molar-refractivity contribution in [1.29, 1.82) is 0 Å². The molecular weight excluding hydrogens is 388 g/mol. The normalized spacial score (nSPS) is 17.3. The van der Waals surface area contributed by atoms with E-state index in [0.29, 0.717) is 24.1 Å². The summed E-state index contributed by atoms with van der Waals surface area (Å²) in [5.74, 6) is 0.684. The molecule has 29 heavy (non-hydrogen) atoms. The second kappa shape index (κ2) is 7.82. The largest absolute Gasteiger partial charge is 0.353 e. The summed E-state index contributed by atoms with van der Waals surface area (Å²) in [7, 11) is 0. The SMILES string of the molecule is CC(C)(C(=O)N1CCC(Nc2nc3c(c(=O)[nH]2)CCC3)CC1)c1ccc(Cl)cc1. The molecule has 1 aliphatic carbocycles. The van der Waals surface area contributed by atoms with Crippen molar-refractivity contribution < 1.29 is 4.79 Å². The minimum atomic E-state index is -0.600. The average Bonchev–Trinajstić information content (AvgIpc) is 3.17. The average molecular weight is 415 g/mol. The fourth-order valence-electron chi connectivity index (χ4n) is 4.32. The van der Waals surface area contributed by atoms with Crippen molar-refractivity contribution in [1.82, 2.24) is 14.9 Å². The number of halogens is 1. The molecule has 0 radical (unpaired) electrons. The summed E-state index contributed by atoms with van der Waals surface area (Å²) in [6.45, 7) is 5.29. The second-order valence-electron chi connectivity index (χ2n) is 8.54. The maximum Gasteiger partial charge on any atom is 0.255 e. The number of H-pyrrole nitrogens is 1. The van der Waals surface area contributed by atoms with Crippen molar-refractivity contribution in [3.63, 3.8) is 0 Å². The molecule has 0 spiro atoms. The molecular formula is C22H27ClN4O2. The number of aryl methyl sites for hydroxylation is 1. The fraction of sp³-hybridized carbons (Fsp3) is 0.500. The van der Waals surface area contributed by atoms with Crippen molar-refractivity contribution in [2.24, 2.45) is 0 Å². The van der Waals surface area contributed by atoms with Crippen LogP contribution in [0, 0.1) is 0 Å². The van der Waals surface area contributed by atoms with Crippen molar-refractivity contribution in [3.05, 3.63) is 56.5 Å². The van der Waals surface area contributed by atoms with Gasteiger partial charge in [-0.05, 0) is 63.6 Å². The number of benzene rings is 1. The highest BCUT2D eigenvalue weighted by atomic mass is 35.5. The molecule has 2 aliphatic rings. The molecule has 0 unspecified atom stereocenters. The van der Waals surface area contributed by atoms with Gasteiger partial charge >= 0.3 is 0 Å². The number of likely N-dealkylation sites (tertiary alicyclic amines) is 1. The fourth-order valence-corrected chi connectivity index (χ4v) is 4.44. The van der Waals surface area contributed by atoms with Gasteiger partial charge in [-0.3, -0.25) is 14.6 Å². The van der Waals surface area contributed by atoms with E-state index in [2.05, 4.69) is 15.3 Å². The van der Waals surface area contributed by atoms with E-state index in [4.69, 9.17) is 11.6 Å². The van der Waals surface area contributed by atoms with Gasteiger partial charge in [0, 0.05) is 29.7 Å². The third-order valence-corrected chi connectivity index (χ3v) is 6.42. The van der Waals surface area contributed by atoms with Gasteiger partial charge in [-0.15, -0.1) is 0 Å². The van der Waals surface area contributed by atoms with Gasteiger partial charge in [-0.2, -0.15) is 0 Å². The molecule has 0 bridgehead atoms. The molecule has 1 aliphatic heterocycles. The highest BCUT2D eigenvalue weighted by Crippen LogP contribution is 2.28. The molecule has 2 aromatic rings. The Morgan fingerprint density at radius 2 is 1.90 bits per heavy atom. The first kappa shape index (κ1) is 20.0. The van der Waals surface area contributed by atoms with Crippen LogP contribution in [0.4, 0.5) is 5.95 Å². The van der Waals surface area contributed by atoms with Gasteiger partial charge < -0.3 is 10.2 Å². The standard InChI is InChI=1S/C22H27ClN4O2/c1-22(2,14-6-8-15(23)9-7-14)20(29)27-12-10-16(11-13-27)24-21-25-18-5-3-4-17(18)19(28)26-21/h6-9,16H,3-5,10-13H2,1-2H3,(H2,24,25,26,28). The van der Waals surface area contributed by atoms with Crippen LogP contribution in [0.5, 0.6) is 0 Å². The van der Waals surface area contributed by atoms with Crippen LogP contribution in [0.25, 0.3) is 0 Å². The smallest absolute Gasteiger partial charge is 0.255 e. The van der Waals surface area contributed by atoms with Crippen LogP contribution < -0.4 is 10.9 Å². The minimum absolute atomic E-state index is 0.0210. The number of piperidine rings is 1. The number of aromatic amines is 1. The van der Waals surface area contributed by atoms with Crippen LogP contribution in [0.3, 0.4) is 0 Å². The van der Waals surface area contributed by atoms with E-state index in [0.717, 1.165) is 48.9 Å². The van der Waals surface area contributed by atoms with Crippen LogP contribution >= 0.6 is 11.6 Å². The summed E-state index contributed by atoms with van der Waals surface area (Å²) in [6.07, 6.45) is 4.34. The van der Waals surface area contributed by atoms with E-state index in [1.54, 1.807) is 0 Å². The maximum atomic E-state index is 13.2. The Labute approximate surface area is 175 Å². The molecule has 1 aromatic heterocycles. The minimum Gasteiger partial charge on any atom is -0.353 e. The quantitative estimate of drug-likeness (QED) is 0.804. The summed E-state index contributed by atoms with van der Waals surface area (Å²) >= 11 is 5.98. The third kappa shape index (κ3) is 4.04. The van der Waals surface area contributed by atoms with Crippen LogP contribution in [0.1, 0.15) is 49.9 Å². The molecule has 1 amide bonds. The maximum absolute atomic E-state index is 13.2.